The molecular formula is C21H29N5OS. The Hall–Kier alpha value is -1.86. The Morgan fingerprint density at radius 2 is 2.04 bits per heavy atom. The number of nitrogens with one attached hydrogen (secondary N) is 2. The number of hydrogen-bond acceptors (Lipinski definition) is 5. The van der Waals surface area contributed by atoms with Crippen LogP contribution in [0, 0.1) is 5.92 Å². The normalized spacial score (nSPS) is 20.6. The van der Waals surface area contributed by atoms with E-state index >= 15 is 0 Å². The van der Waals surface area contributed by atoms with E-state index in [0.717, 1.165) is 44.2 Å². The molecule has 2 aliphatic rings. The van der Waals surface area contributed by atoms with Crippen LogP contribution in [-0.2, 0) is 17.8 Å². The summed E-state index contributed by atoms with van der Waals surface area (Å²) in [4.78, 5) is 19.3. The highest BCUT2D eigenvalue weighted by atomic mass is 32.2. The lowest BCUT2D eigenvalue weighted by Crippen LogP contribution is -2.38. The lowest BCUT2D eigenvalue weighted by molar-refractivity contribution is -0.119. The zero-order valence-corrected chi connectivity index (χ0v) is 17.1. The van der Waals surface area contributed by atoms with Crippen molar-refractivity contribution in [2.45, 2.75) is 56.3 Å². The van der Waals surface area contributed by atoms with Crippen LogP contribution in [-0.4, -0.2) is 50.9 Å². The van der Waals surface area contributed by atoms with Gasteiger partial charge < -0.3 is 5.32 Å². The molecule has 1 unspecified atom stereocenters. The van der Waals surface area contributed by atoms with Crippen LogP contribution >= 0.6 is 11.8 Å². The fraction of sp³-hybridized carbons (Fsp3) is 0.571. The number of rotatable bonds is 8. The molecule has 1 saturated heterocycles. The first-order chi connectivity index (χ1) is 13.7. The van der Waals surface area contributed by atoms with Crippen molar-refractivity contribution in [3.63, 3.8) is 0 Å². The number of hydrogen-bond donors (Lipinski definition) is 2. The molecule has 0 spiro atoms. The summed E-state index contributed by atoms with van der Waals surface area (Å²) in [6, 6.07) is 10.7. The molecule has 1 amide bonds. The summed E-state index contributed by atoms with van der Waals surface area (Å²) < 4.78 is 0. The van der Waals surface area contributed by atoms with Gasteiger partial charge in [0.25, 0.3) is 0 Å². The first kappa shape index (κ1) is 19.5. The number of benzene rings is 1. The number of nitrogens with zero attached hydrogens (tertiary/aromatic N) is 3. The molecule has 2 fully saturated rings. The minimum atomic E-state index is 0.0682. The van der Waals surface area contributed by atoms with Crippen molar-refractivity contribution in [1.29, 1.82) is 0 Å². The van der Waals surface area contributed by atoms with Crippen LogP contribution in [0.1, 0.15) is 43.5 Å². The molecule has 1 aliphatic heterocycles. The molecule has 1 saturated carbocycles. The highest BCUT2D eigenvalue weighted by Gasteiger charge is 2.24. The van der Waals surface area contributed by atoms with Gasteiger partial charge in [-0.3, -0.25) is 14.8 Å². The molecule has 28 heavy (non-hydrogen) atoms. The van der Waals surface area contributed by atoms with Gasteiger partial charge in [-0.2, -0.15) is 0 Å². The minimum absolute atomic E-state index is 0.0682. The largest absolute Gasteiger partial charge is 0.351 e. The van der Waals surface area contributed by atoms with Gasteiger partial charge in [-0.15, -0.1) is 5.10 Å². The van der Waals surface area contributed by atoms with Crippen molar-refractivity contribution in [1.82, 2.24) is 25.4 Å². The lowest BCUT2D eigenvalue weighted by Gasteiger charge is -2.16. The third-order valence-corrected chi connectivity index (χ3v) is 6.53. The average Bonchev–Trinajstić information content (AvgIpc) is 3.45. The summed E-state index contributed by atoms with van der Waals surface area (Å²) in [5.41, 5.74) is 1.32. The van der Waals surface area contributed by atoms with E-state index in [4.69, 9.17) is 0 Å². The molecule has 1 aromatic carbocycles. The SMILES string of the molecule is O=C(CSc1n[nH]c(CC2CCCC2)n1)NC1CCN(Cc2ccccc2)C1. The molecule has 6 nitrogen and oxygen atoms in total. The first-order valence-corrected chi connectivity index (χ1v) is 11.3. The topological polar surface area (TPSA) is 73.9 Å². The molecule has 1 aliphatic carbocycles. The van der Waals surface area contributed by atoms with Gasteiger partial charge in [0.05, 0.1) is 5.75 Å². The van der Waals surface area contributed by atoms with Crippen molar-refractivity contribution in [2.75, 3.05) is 18.8 Å². The van der Waals surface area contributed by atoms with Crippen molar-refractivity contribution in [3.05, 3.63) is 41.7 Å². The van der Waals surface area contributed by atoms with Gasteiger partial charge in [0.2, 0.25) is 11.1 Å². The molecule has 4 rings (SSSR count). The van der Waals surface area contributed by atoms with Crippen LogP contribution in [0.5, 0.6) is 0 Å². The van der Waals surface area contributed by atoms with Crippen molar-refractivity contribution < 1.29 is 4.79 Å². The van der Waals surface area contributed by atoms with Gasteiger partial charge in [0.15, 0.2) is 0 Å². The number of aromatic nitrogens is 3. The Morgan fingerprint density at radius 3 is 2.86 bits per heavy atom. The van der Waals surface area contributed by atoms with E-state index in [1.165, 1.54) is 43.0 Å². The van der Waals surface area contributed by atoms with E-state index in [0.29, 0.717) is 10.9 Å². The Labute approximate surface area is 170 Å². The highest BCUT2D eigenvalue weighted by Crippen LogP contribution is 2.27. The summed E-state index contributed by atoms with van der Waals surface area (Å²) in [5.74, 6) is 2.15. The van der Waals surface area contributed by atoms with Crippen LogP contribution in [0.3, 0.4) is 0 Å². The van der Waals surface area contributed by atoms with E-state index in [9.17, 15) is 4.79 Å². The monoisotopic (exact) mass is 399 g/mol. The van der Waals surface area contributed by atoms with Gasteiger partial charge in [-0.05, 0) is 17.9 Å². The second-order valence-corrected chi connectivity index (χ2v) is 8.92. The number of thioether (sulfide) groups is 1. The molecule has 2 heterocycles. The number of carbonyl (C=O) groups is 1. The first-order valence-electron chi connectivity index (χ1n) is 10.3. The molecule has 1 aromatic heterocycles. The Kier molecular flexibility index (Phi) is 6.65. The predicted molar refractivity (Wildman–Crippen MR) is 111 cm³/mol. The van der Waals surface area contributed by atoms with E-state index in [1.807, 2.05) is 6.07 Å². The molecule has 0 bridgehead atoms. The van der Waals surface area contributed by atoms with Crippen LogP contribution < -0.4 is 5.32 Å². The molecule has 150 valence electrons. The van der Waals surface area contributed by atoms with Crippen LogP contribution in [0.15, 0.2) is 35.5 Å². The van der Waals surface area contributed by atoms with E-state index in [1.54, 1.807) is 0 Å². The number of aromatic amines is 1. The second-order valence-electron chi connectivity index (χ2n) is 7.98. The van der Waals surface area contributed by atoms with Crippen molar-refractivity contribution in [3.8, 4) is 0 Å². The van der Waals surface area contributed by atoms with E-state index in [-0.39, 0.29) is 11.9 Å². The number of carbonyl (C=O) groups excluding carboxylic acids is 1. The molecule has 0 radical (unpaired) electrons. The maximum Gasteiger partial charge on any atom is 0.230 e. The fourth-order valence-corrected chi connectivity index (χ4v) is 4.89. The summed E-state index contributed by atoms with van der Waals surface area (Å²) >= 11 is 1.41. The Balaban J connectivity index is 1.16. The number of amides is 1. The van der Waals surface area contributed by atoms with E-state index < -0.39 is 0 Å². The predicted octanol–water partition coefficient (Wildman–Crippen LogP) is 3.02. The summed E-state index contributed by atoms with van der Waals surface area (Å²) in [7, 11) is 0. The maximum absolute atomic E-state index is 12.3. The second kappa shape index (κ2) is 9.56. The van der Waals surface area contributed by atoms with Gasteiger partial charge in [-0.25, -0.2) is 4.98 Å². The van der Waals surface area contributed by atoms with Crippen LogP contribution in [0.2, 0.25) is 0 Å². The molecule has 2 aromatic rings. The smallest absolute Gasteiger partial charge is 0.230 e. The Bertz CT molecular complexity index is 759. The van der Waals surface area contributed by atoms with Gasteiger partial charge >= 0.3 is 0 Å². The molecule has 7 heteroatoms. The van der Waals surface area contributed by atoms with Crippen LogP contribution in [0.4, 0.5) is 0 Å². The zero-order valence-electron chi connectivity index (χ0n) is 16.3. The third kappa shape index (κ3) is 5.58. The Morgan fingerprint density at radius 1 is 1.21 bits per heavy atom. The molecule has 2 N–H and O–H groups in total. The minimum Gasteiger partial charge on any atom is -0.351 e. The maximum atomic E-state index is 12.3. The zero-order chi connectivity index (χ0) is 19.2. The van der Waals surface area contributed by atoms with Crippen molar-refractivity contribution >= 4 is 17.7 Å². The number of likely N-dealkylation sites (tertiary alicyclic amines) is 1. The van der Waals surface area contributed by atoms with Gasteiger partial charge in [0, 0.05) is 32.1 Å². The summed E-state index contributed by atoms with van der Waals surface area (Å²) in [6.07, 6.45) is 7.27. The van der Waals surface area contributed by atoms with Crippen molar-refractivity contribution in [2.24, 2.45) is 5.92 Å². The van der Waals surface area contributed by atoms with Gasteiger partial charge in [-0.1, -0.05) is 67.8 Å². The fourth-order valence-electron chi connectivity index (χ4n) is 4.26. The standard InChI is InChI=1S/C21H29N5OS/c27-20(15-28-21-23-19(24-25-21)12-16-6-4-5-7-16)22-18-10-11-26(14-18)13-17-8-2-1-3-9-17/h1-3,8-9,16,18H,4-7,10-15H2,(H,22,27)(H,23,24,25). The lowest BCUT2D eigenvalue weighted by atomic mass is 10.0. The van der Waals surface area contributed by atoms with Gasteiger partial charge in [0.1, 0.15) is 5.82 Å². The summed E-state index contributed by atoms with van der Waals surface area (Å²) in [6.45, 7) is 2.89. The number of H-pyrrole nitrogens is 1. The summed E-state index contributed by atoms with van der Waals surface area (Å²) in [5, 5.41) is 11.1. The highest BCUT2D eigenvalue weighted by molar-refractivity contribution is 7.99. The molecule has 1 atom stereocenters. The van der Waals surface area contributed by atoms with Crippen LogP contribution in [0.25, 0.3) is 0 Å². The van der Waals surface area contributed by atoms with E-state index in [2.05, 4.69) is 49.7 Å². The molecular weight excluding hydrogens is 370 g/mol. The quantitative estimate of drug-likeness (QED) is 0.668. The third-order valence-electron chi connectivity index (χ3n) is 5.69. The average molecular weight is 400 g/mol.